The lowest BCUT2D eigenvalue weighted by atomic mass is 9.89. The average Bonchev–Trinajstić information content (AvgIpc) is 2.51. The molecule has 1 aromatic heterocycles. The number of hydrogen-bond acceptors (Lipinski definition) is 4. The van der Waals surface area contributed by atoms with Crippen LogP contribution >= 0.6 is 0 Å². The van der Waals surface area contributed by atoms with E-state index in [4.69, 9.17) is 4.74 Å². The predicted octanol–water partition coefficient (Wildman–Crippen LogP) is 1.11. The highest BCUT2D eigenvalue weighted by atomic mass is 16.5. The largest absolute Gasteiger partial charge is 0.481 e. The Kier molecular flexibility index (Phi) is 4.45. The summed E-state index contributed by atoms with van der Waals surface area (Å²) in [5.74, 6) is 0.330. The van der Waals surface area contributed by atoms with Gasteiger partial charge in [0, 0.05) is 6.07 Å². The number of piperazine rings is 1. The number of nitrogens with one attached hydrogen (secondary N) is 1. The van der Waals surface area contributed by atoms with Gasteiger partial charge in [-0.1, -0.05) is 19.9 Å². The first kappa shape index (κ1) is 15.3. The number of amides is 2. The number of rotatable bonds is 5. The molecule has 0 radical (unpaired) electrons. The fourth-order valence-corrected chi connectivity index (χ4v) is 2.62. The molecule has 6 nitrogen and oxygen atoms in total. The Morgan fingerprint density at radius 2 is 2.05 bits per heavy atom. The minimum absolute atomic E-state index is 0.0447. The standard InChI is InChI=1S/C15H21N3O3/c1-4-15(5-2)14(20)18(10-12(19)17-15)9-11-7-6-8-13(16-11)21-3/h6-8H,4-5,9-10H2,1-3H3,(H,17,19). The molecule has 0 aromatic carbocycles. The normalized spacial score (nSPS) is 17.6. The van der Waals surface area contributed by atoms with Crippen molar-refractivity contribution in [2.24, 2.45) is 0 Å². The molecular formula is C15H21N3O3. The molecule has 1 aromatic rings. The molecule has 0 bridgehead atoms. The topological polar surface area (TPSA) is 71.5 Å². The summed E-state index contributed by atoms with van der Waals surface area (Å²) in [6.07, 6.45) is 1.16. The zero-order chi connectivity index (χ0) is 15.5. The van der Waals surface area contributed by atoms with Gasteiger partial charge in [0.25, 0.3) is 0 Å². The van der Waals surface area contributed by atoms with E-state index >= 15 is 0 Å². The smallest absolute Gasteiger partial charge is 0.249 e. The summed E-state index contributed by atoms with van der Waals surface area (Å²) in [7, 11) is 1.55. The monoisotopic (exact) mass is 291 g/mol. The van der Waals surface area contributed by atoms with E-state index in [0.717, 1.165) is 0 Å². The number of nitrogens with zero attached hydrogens (tertiary/aromatic N) is 2. The van der Waals surface area contributed by atoms with Gasteiger partial charge in [0.15, 0.2) is 0 Å². The van der Waals surface area contributed by atoms with Crippen LogP contribution in [0, 0.1) is 0 Å². The second kappa shape index (κ2) is 6.11. The van der Waals surface area contributed by atoms with E-state index in [0.29, 0.717) is 31.0 Å². The Bertz CT molecular complexity index is 541. The minimum Gasteiger partial charge on any atom is -0.481 e. The molecule has 0 saturated carbocycles. The van der Waals surface area contributed by atoms with Crippen molar-refractivity contribution in [2.75, 3.05) is 13.7 Å². The fourth-order valence-electron chi connectivity index (χ4n) is 2.62. The molecule has 1 N–H and O–H groups in total. The molecule has 0 unspecified atom stereocenters. The summed E-state index contributed by atoms with van der Waals surface area (Å²) in [4.78, 5) is 30.4. The summed E-state index contributed by atoms with van der Waals surface area (Å²) in [5.41, 5.74) is -0.0766. The maximum absolute atomic E-state index is 12.7. The Morgan fingerprint density at radius 3 is 2.67 bits per heavy atom. The van der Waals surface area contributed by atoms with Gasteiger partial charge < -0.3 is 15.0 Å². The zero-order valence-electron chi connectivity index (χ0n) is 12.7. The highest BCUT2D eigenvalue weighted by Crippen LogP contribution is 2.23. The zero-order valence-corrected chi connectivity index (χ0v) is 12.7. The van der Waals surface area contributed by atoms with Crippen molar-refractivity contribution in [3.8, 4) is 5.88 Å². The van der Waals surface area contributed by atoms with Gasteiger partial charge in [0.2, 0.25) is 17.7 Å². The van der Waals surface area contributed by atoms with Crippen LogP contribution in [0.25, 0.3) is 0 Å². The van der Waals surface area contributed by atoms with Crippen LogP contribution in [0.15, 0.2) is 18.2 Å². The van der Waals surface area contributed by atoms with Gasteiger partial charge in [-0.05, 0) is 18.9 Å². The van der Waals surface area contributed by atoms with Crippen LogP contribution in [0.5, 0.6) is 5.88 Å². The molecule has 2 heterocycles. The molecule has 21 heavy (non-hydrogen) atoms. The van der Waals surface area contributed by atoms with Crippen LogP contribution in [0.1, 0.15) is 32.4 Å². The second-order valence-electron chi connectivity index (χ2n) is 5.17. The lowest BCUT2D eigenvalue weighted by molar-refractivity contribution is -0.151. The molecule has 1 aliphatic rings. The van der Waals surface area contributed by atoms with E-state index in [1.807, 2.05) is 26.0 Å². The van der Waals surface area contributed by atoms with Crippen molar-refractivity contribution < 1.29 is 14.3 Å². The van der Waals surface area contributed by atoms with Crippen LogP contribution < -0.4 is 10.1 Å². The Hall–Kier alpha value is -2.11. The van der Waals surface area contributed by atoms with Crippen LogP contribution in [0.4, 0.5) is 0 Å². The van der Waals surface area contributed by atoms with E-state index in [-0.39, 0.29) is 18.4 Å². The van der Waals surface area contributed by atoms with Gasteiger partial charge in [0.1, 0.15) is 12.1 Å². The van der Waals surface area contributed by atoms with Crippen molar-refractivity contribution in [1.29, 1.82) is 0 Å². The van der Waals surface area contributed by atoms with Crippen molar-refractivity contribution in [1.82, 2.24) is 15.2 Å². The maximum atomic E-state index is 12.7. The third-order valence-electron chi connectivity index (χ3n) is 3.96. The number of ether oxygens (including phenoxy) is 1. The number of aromatic nitrogens is 1. The molecule has 6 heteroatoms. The number of carbonyl (C=O) groups is 2. The first-order chi connectivity index (χ1) is 10.0. The highest BCUT2D eigenvalue weighted by Gasteiger charge is 2.43. The second-order valence-corrected chi connectivity index (χ2v) is 5.17. The highest BCUT2D eigenvalue weighted by molar-refractivity contribution is 5.97. The van der Waals surface area contributed by atoms with Crippen LogP contribution in [0.3, 0.4) is 0 Å². The van der Waals surface area contributed by atoms with E-state index in [1.165, 1.54) is 0 Å². The fraction of sp³-hybridized carbons (Fsp3) is 0.533. The molecule has 1 aliphatic heterocycles. The molecule has 1 fully saturated rings. The minimum atomic E-state index is -0.784. The van der Waals surface area contributed by atoms with Crippen molar-refractivity contribution in [3.05, 3.63) is 23.9 Å². The van der Waals surface area contributed by atoms with E-state index in [2.05, 4.69) is 10.3 Å². The Balaban J connectivity index is 2.22. The molecular weight excluding hydrogens is 270 g/mol. The lowest BCUT2D eigenvalue weighted by Crippen LogP contribution is -2.65. The first-order valence-electron chi connectivity index (χ1n) is 7.15. The summed E-state index contributed by atoms with van der Waals surface area (Å²) >= 11 is 0. The quantitative estimate of drug-likeness (QED) is 0.882. The molecule has 2 amide bonds. The van der Waals surface area contributed by atoms with Gasteiger partial charge in [0.05, 0.1) is 19.3 Å². The third-order valence-corrected chi connectivity index (χ3v) is 3.96. The summed E-state index contributed by atoms with van der Waals surface area (Å²) in [6.45, 7) is 4.20. The molecule has 0 spiro atoms. The third kappa shape index (κ3) is 2.99. The summed E-state index contributed by atoms with van der Waals surface area (Å²) < 4.78 is 5.08. The van der Waals surface area contributed by atoms with Gasteiger partial charge in [-0.2, -0.15) is 0 Å². The average molecular weight is 291 g/mol. The first-order valence-corrected chi connectivity index (χ1v) is 7.15. The van der Waals surface area contributed by atoms with Crippen LogP contribution in [-0.4, -0.2) is 40.9 Å². The predicted molar refractivity (Wildman–Crippen MR) is 77.7 cm³/mol. The Morgan fingerprint density at radius 1 is 1.33 bits per heavy atom. The van der Waals surface area contributed by atoms with Crippen molar-refractivity contribution in [3.63, 3.8) is 0 Å². The Labute approximate surface area is 124 Å². The molecule has 114 valence electrons. The van der Waals surface area contributed by atoms with E-state index in [9.17, 15) is 9.59 Å². The number of carbonyl (C=O) groups excluding carboxylic acids is 2. The van der Waals surface area contributed by atoms with Gasteiger partial charge >= 0.3 is 0 Å². The number of pyridine rings is 1. The molecule has 2 rings (SSSR count). The van der Waals surface area contributed by atoms with Crippen molar-refractivity contribution in [2.45, 2.75) is 38.8 Å². The van der Waals surface area contributed by atoms with Crippen LogP contribution in [-0.2, 0) is 16.1 Å². The molecule has 0 aliphatic carbocycles. The van der Waals surface area contributed by atoms with Crippen molar-refractivity contribution >= 4 is 11.8 Å². The van der Waals surface area contributed by atoms with Crippen LogP contribution in [0.2, 0.25) is 0 Å². The molecule has 1 saturated heterocycles. The summed E-state index contributed by atoms with van der Waals surface area (Å²) in [6, 6.07) is 5.39. The van der Waals surface area contributed by atoms with Gasteiger partial charge in [-0.15, -0.1) is 0 Å². The summed E-state index contributed by atoms with van der Waals surface area (Å²) in [5, 5.41) is 2.84. The molecule has 0 atom stereocenters. The van der Waals surface area contributed by atoms with Gasteiger partial charge in [-0.3, -0.25) is 9.59 Å². The number of methoxy groups -OCH3 is 1. The lowest BCUT2D eigenvalue weighted by Gasteiger charge is -2.41. The van der Waals surface area contributed by atoms with E-state index < -0.39 is 5.54 Å². The van der Waals surface area contributed by atoms with E-state index in [1.54, 1.807) is 18.1 Å². The SMILES string of the molecule is CCC1(CC)NC(=O)CN(Cc2cccc(OC)n2)C1=O. The maximum Gasteiger partial charge on any atom is 0.249 e. The van der Waals surface area contributed by atoms with Gasteiger partial charge in [-0.25, -0.2) is 4.98 Å². The number of hydrogen-bond donors (Lipinski definition) is 1.